The Kier molecular flexibility index (Phi) is 3.90. The smallest absolute Gasteiger partial charge is 0.240 e. The zero-order valence-corrected chi connectivity index (χ0v) is 11.2. The Morgan fingerprint density at radius 3 is 2.74 bits per heavy atom. The first kappa shape index (κ1) is 13.6. The molecule has 19 heavy (non-hydrogen) atoms. The molecule has 7 heteroatoms. The van der Waals surface area contributed by atoms with Crippen molar-refractivity contribution >= 4 is 21.6 Å². The molecule has 0 aliphatic carbocycles. The van der Waals surface area contributed by atoms with E-state index in [-0.39, 0.29) is 22.0 Å². The van der Waals surface area contributed by atoms with Crippen LogP contribution in [0.4, 0.5) is 0 Å². The molecular weight excluding hydrogens is 288 g/mol. The highest BCUT2D eigenvalue weighted by Crippen LogP contribution is 2.20. The number of nitrogens with one attached hydrogen (secondary N) is 1. The molecule has 0 aliphatic rings. The van der Waals surface area contributed by atoms with Gasteiger partial charge in [0.2, 0.25) is 10.0 Å². The maximum atomic E-state index is 12.0. The van der Waals surface area contributed by atoms with E-state index < -0.39 is 10.0 Å². The monoisotopic (exact) mass is 296 g/mol. The van der Waals surface area contributed by atoms with Crippen LogP contribution >= 0.6 is 11.6 Å². The molecule has 1 aromatic heterocycles. The molecule has 5 nitrogen and oxygen atoms in total. The van der Waals surface area contributed by atoms with Crippen molar-refractivity contribution in [1.82, 2.24) is 4.72 Å². The summed E-state index contributed by atoms with van der Waals surface area (Å²) in [6.45, 7) is 0.121. The topological polar surface area (TPSA) is 83.1 Å². The minimum Gasteiger partial charge on any atom is -0.472 e. The van der Waals surface area contributed by atoms with E-state index in [1.807, 2.05) is 6.07 Å². The molecule has 0 saturated carbocycles. The lowest BCUT2D eigenvalue weighted by molar-refractivity contribution is 0.561. The number of hydrogen-bond acceptors (Lipinski definition) is 4. The van der Waals surface area contributed by atoms with Crippen LogP contribution in [0, 0.1) is 11.3 Å². The minimum absolute atomic E-state index is 0.0139. The SMILES string of the molecule is N#Cc1ccc(S(=O)(=O)NCc2ccoc2)cc1Cl. The van der Waals surface area contributed by atoms with Crippen molar-refractivity contribution in [2.45, 2.75) is 11.4 Å². The van der Waals surface area contributed by atoms with Crippen LogP contribution in [0.3, 0.4) is 0 Å². The second kappa shape index (κ2) is 5.45. The molecule has 0 aliphatic heterocycles. The standard InChI is InChI=1S/C12H9ClN2O3S/c13-12-5-11(2-1-10(12)6-14)19(16,17)15-7-9-3-4-18-8-9/h1-5,8,15H,7H2. The Morgan fingerprint density at radius 2 is 2.16 bits per heavy atom. The number of halogens is 1. The first-order valence-electron chi connectivity index (χ1n) is 5.23. The summed E-state index contributed by atoms with van der Waals surface area (Å²) in [6.07, 6.45) is 2.91. The summed E-state index contributed by atoms with van der Waals surface area (Å²) in [5, 5.41) is 8.84. The zero-order chi connectivity index (χ0) is 13.9. The van der Waals surface area contributed by atoms with E-state index in [1.165, 1.54) is 30.7 Å². The molecule has 0 spiro atoms. The predicted molar refractivity (Wildman–Crippen MR) is 68.9 cm³/mol. The summed E-state index contributed by atoms with van der Waals surface area (Å²) in [6, 6.07) is 7.48. The highest BCUT2D eigenvalue weighted by atomic mass is 35.5. The fourth-order valence-electron chi connectivity index (χ4n) is 1.41. The summed E-state index contributed by atoms with van der Waals surface area (Å²) >= 11 is 5.81. The average molecular weight is 297 g/mol. The van der Waals surface area contributed by atoms with Crippen LogP contribution in [0.1, 0.15) is 11.1 Å². The van der Waals surface area contributed by atoms with Crippen LogP contribution < -0.4 is 4.72 Å². The van der Waals surface area contributed by atoms with Gasteiger partial charge in [-0.25, -0.2) is 13.1 Å². The van der Waals surface area contributed by atoms with Crippen LogP contribution in [-0.4, -0.2) is 8.42 Å². The van der Waals surface area contributed by atoms with Gasteiger partial charge in [0.1, 0.15) is 6.07 Å². The highest BCUT2D eigenvalue weighted by molar-refractivity contribution is 7.89. The van der Waals surface area contributed by atoms with Gasteiger partial charge in [0.15, 0.2) is 0 Å². The fraction of sp³-hybridized carbons (Fsp3) is 0.0833. The summed E-state index contributed by atoms with van der Waals surface area (Å²) in [5.74, 6) is 0. The summed E-state index contributed by atoms with van der Waals surface area (Å²) in [5.41, 5.74) is 0.943. The van der Waals surface area contributed by atoms with Crippen molar-refractivity contribution in [3.05, 3.63) is 52.9 Å². The average Bonchev–Trinajstić information content (AvgIpc) is 2.89. The Balaban J connectivity index is 2.20. The van der Waals surface area contributed by atoms with Gasteiger partial charge in [-0.2, -0.15) is 5.26 Å². The lowest BCUT2D eigenvalue weighted by Crippen LogP contribution is -2.23. The van der Waals surface area contributed by atoms with E-state index in [0.29, 0.717) is 5.56 Å². The summed E-state index contributed by atoms with van der Waals surface area (Å²) in [4.78, 5) is 0.0139. The number of nitriles is 1. The largest absolute Gasteiger partial charge is 0.472 e. The third-order valence-electron chi connectivity index (χ3n) is 2.42. The number of nitrogens with zero attached hydrogens (tertiary/aromatic N) is 1. The second-order valence-corrected chi connectivity index (χ2v) is 5.88. The molecular formula is C12H9ClN2O3S. The van der Waals surface area contributed by atoms with Gasteiger partial charge in [0, 0.05) is 12.1 Å². The summed E-state index contributed by atoms with van der Waals surface area (Å²) < 4.78 is 31.2. The van der Waals surface area contributed by atoms with Gasteiger partial charge < -0.3 is 4.42 Å². The van der Waals surface area contributed by atoms with E-state index in [0.717, 1.165) is 0 Å². The number of benzene rings is 1. The number of furan rings is 1. The Morgan fingerprint density at radius 1 is 1.37 bits per heavy atom. The fourth-order valence-corrected chi connectivity index (χ4v) is 2.74. The zero-order valence-electron chi connectivity index (χ0n) is 9.63. The third kappa shape index (κ3) is 3.15. The van der Waals surface area contributed by atoms with Gasteiger partial charge in [0.05, 0.1) is 28.0 Å². The molecule has 0 amide bonds. The van der Waals surface area contributed by atoms with E-state index in [2.05, 4.69) is 4.72 Å². The highest BCUT2D eigenvalue weighted by Gasteiger charge is 2.15. The number of sulfonamides is 1. The van der Waals surface area contributed by atoms with Gasteiger partial charge in [-0.3, -0.25) is 0 Å². The van der Waals surface area contributed by atoms with Gasteiger partial charge in [0.25, 0.3) is 0 Å². The third-order valence-corrected chi connectivity index (χ3v) is 4.13. The predicted octanol–water partition coefficient (Wildman–Crippen LogP) is 2.28. The Hall–Kier alpha value is -1.81. The van der Waals surface area contributed by atoms with Gasteiger partial charge in [-0.05, 0) is 24.3 Å². The van der Waals surface area contributed by atoms with Crippen molar-refractivity contribution in [2.24, 2.45) is 0 Å². The molecule has 98 valence electrons. The van der Waals surface area contributed by atoms with Crippen molar-refractivity contribution in [2.75, 3.05) is 0 Å². The lowest BCUT2D eigenvalue weighted by atomic mass is 10.2. The van der Waals surface area contributed by atoms with Gasteiger partial charge in [-0.15, -0.1) is 0 Å². The van der Waals surface area contributed by atoms with Crippen molar-refractivity contribution in [3.8, 4) is 6.07 Å². The Labute approximate surface area is 115 Å². The van der Waals surface area contributed by atoms with Crippen LogP contribution in [-0.2, 0) is 16.6 Å². The van der Waals surface area contributed by atoms with Crippen LogP contribution in [0.25, 0.3) is 0 Å². The van der Waals surface area contributed by atoms with E-state index in [4.69, 9.17) is 21.3 Å². The van der Waals surface area contributed by atoms with Crippen molar-refractivity contribution in [3.63, 3.8) is 0 Å². The van der Waals surface area contributed by atoms with Crippen molar-refractivity contribution in [1.29, 1.82) is 5.26 Å². The first-order chi connectivity index (χ1) is 9.03. The number of rotatable bonds is 4. The van der Waals surface area contributed by atoms with Crippen molar-refractivity contribution < 1.29 is 12.8 Å². The molecule has 2 rings (SSSR count). The molecule has 1 N–H and O–H groups in total. The number of hydrogen-bond donors (Lipinski definition) is 1. The van der Waals surface area contributed by atoms with Crippen LogP contribution in [0.2, 0.25) is 5.02 Å². The quantitative estimate of drug-likeness (QED) is 0.938. The molecule has 0 fully saturated rings. The van der Waals surface area contributed by atoms with Crippen LogP contribution in [0.15, 0.2) is 46.1 Å². The molecule has 1 aromatic carbocycles. The summed E-state index contributed by atoms with van der Waals surface area (Å²) in [7, 11) is -3.67. The second-order valence-electron chi connectivity index (χ2n) is 3.71. The molecule has 0 atom stereocenters. The van der Waals surface area contributed by atoms with E-state index >= 15 is 0 Å². The molecule has 0 unspecified atom stereocenters. The maximum absolute atomic E-state index is 12.0. The van der Waals surface area contributed by atoms with E-state index in [1.54, 1.807) is 6.07 Å². The van der Waals surface area contributed by atoms with Gasteiger partial charge in [-0.1, -0.05) is 11.6 Å². The molecule has 0 radical (unpaired) electrons. The Bertz CT molecular complexity index is 718. The molecule has 0 bridgehead atoms. The maximum Gasteiger partial charge on any atom is 0.240 e. The lowest BCUT2D eigenvalue weighted by Gasteiger charge is -2.06. The molecule has 1 heterocycles. The normalized spacial score (nSPS) is 11.2. The van der Waals surface area contributed by atoms with Gasteiger partial charge >= 0.3 is 0 Å². The first-order valence-corrected chi connectivity index (χ1v) is 7.09. The van der Waals surface area contributed by atoms with Crippen LogP contribution in [0.5, 0.6) is 0 Å². The minimum atomic E-state index is -3.67. The molecule has 0 saturated heterocycles. The van der Waals surface area contributed by atoms with E-state index in [9.17, 15) is 8.42 Å². The molecule has 2 aromatic rings.